The predicted octanol–water partition coefficient (Wildman–Crippen LogP) is 3.30. The first-order valence-electron chi connectivity index (χ1n) is 5.80. The molecule has 1 N–H and O–H groups in total. The van der Waals surface area contributed by atoms with Crippen molar-refractivity contribution in [1.82, 2.24) is 15.1 Å². The van der Waals surface area contributed by atoms with Gasteiger partial charge in [-0.15, -0.1) is 0 Å². The number of nitrogens with one attached hydrogen (secondary N) is 1. The molecule has 0 unspecified atom stereocenters. The van der Waals surface area contributed by atoms with E-state index in [-0.39, 0.29) is 0 Å². The van der Waals surface area contributed by atoms with Crippen molar-refractivity contribution in [2.45, 2.75) is 13.3 Å². The normalized spacial score (nSPS) is 11.1. The molecule has 0 saturated carbocycles. The lowest BCUT2D eigenvalue weighted by atomic mass is 10.3. The average Bonchev–Trinajstić information content (AvgIpc) is 2.95. The first-order valence-corrected chi connectivity index (χ1v) is 6.99. The second kappa shape index (κ2) is 5.14. The summed E-state index contributed by atoms with van der Waals surface area (Å²) in [5, 5.41) is 8.59. The molecule has 0 fully saturated rings. The number of aromatic nitrogens is 3. The minimum absolute atomic E-state index is 0.633. The number of benzene rings is 1. The predicted molar refractivity (Wildman–Crippen MR) is 75.9 cm³/mol. The third-order valence-corrected chi connectivity index (χ3v) is 3.75. The number of fused-ring (bicyclic) bond motifs is 1. The van der Waals surface area contributed by atoms with Gasteiger partial charge in [0, 0.05) is 18.0 Å². The van der Waals surface area contributed by atoms with Crippen LogP contribution in [-0.2, 0) is 6.42 Å². The minimum Gasteiger partial charge on any atom is -0.361 e. The van der Waals surface area contributed by atoms with Gasteiger partial charge < -0.3 is 9.84 Å². The Hall–Kier alpha value is -1.66. The van der Waals surface area contributed by atoms with Crippen molar-refractivity contribution in [3.63, 3.8) is 0 Å². The van der Waals surface area contributed by atoms with Crippen LogP contribution in [0, 0.1) is 6.92 Å². The molecule has 0 radical (unpaired) electrons. The van der Waals surface area contributed by atoms with E-state index < -0.39 is 0 Å². The zero-order valence-electron chi connectivity index (χ0n) is 10.2. The van der Waals surface area contributed by atoms with Crippen molar-refractivity contribution >= 4 is 38.3 Å². The molecule has 2 aromatic heterocycles. The van der Waals surface area contributed by atoms with E-state index in [1.165, 1.54) is 0 Å². The van der Waals surface area contributed by atoms with Gasteiger partial charge in [0.2, 0.25) is 5.89 Å². The highest BCUT2D eigenvalue weighted by molar-refractivity contribution is 7.22. The SMILES string of the molecule is Cc1noc(CCNc2nc3ccc(Cl)cc3s2)n1. The summed E-state index contributed by atoms with van der Waals surface area (Å²) in [5.41, 5.74) is 0.950. The summed E-state index contributed by atoms with van der Waals surface area (Å²) in [7, 11) is 0. The fourth-order valence-corrected chi connectivity index (χ4v) is 2.86. The molecule has 19 heavy (non-hydrogen) atoms. The van der Waals surface area contributed by atoms with Gasteiger partial charge in [0.05, 0.1) is 10.2 Å². The number of hydrogen-bond acceptors (Lipinski definition) is 6. The summed E-state index contributed by atoms with van der Waals surface area (Å²) >= 11 is 7.52. The zero-order valence-corrected chi connectivity index (χ0v) is 11.8. The second-order valence-corrected chi connectivity index (χ2v) is 5.51. The highest BCUT2D eigenvalue weighted by Crippen LogP contribution is 2.28. The van der Waals surface area contributed by atoms with Gasteiger partial charge >= 0.3 is 0 Å². The Labute approximate surface area is 118 Å². The fourth-order valence-electron chi connectivity index (χ4n) is 1.69. The van der Waals surface area contributed by atoms with Crippen molar-refractivity contribution in [2.75, 3.05) is 11.9 Å². The van der Waals surface area contributed by atoms with E-state index in [9.17, 15) is 0 Å². The molecule has 1 aromatic carbocycles. The van der Waals surface area contributed by atoms with Crippen LogP contribution >= 0.6 is 22.9 Å². The van der Waals surface area contributed by atoms with E-state index in [2.05, 4.69) is 20.4 Å². The van der Waals surface area contributed by atoms with Gasteiger partial charge in [0.15, 0.2) is 11.0 Å². The van der Waals surface area contributed by atoms with Crippen LogP contribution < -0.4 is 5.32 Å². The molecular formula is C12H11ClN4OS. The van der Waals surface area contributed by atoms with Crippen molar-refractivity contribution < 1.29 is 4.52 Å². The Morgan fingerprint density at radius 2 is 2.26 bits per heavy atom. The third-order valence-electron chi connectivity index (χ3n) is 2.54. The summed E-state index contributed by atoms with van der Waals surface area (Å²) in [5.74, 6) is 1.29. The lowest BCUT2D eigenvalue weighted by Gasteiger charge is -1.97. The molecule has 0 amide bonds. The molecular weight excluding hydrogens is 284 g/mol. The van der Waals surface area contributed by atoms with Gasteiger partial charge in [-0.25, -0.2) is 4.98 Å². The van der Waals surface area contributed by atoms with Gasteiger partial charge in [0.25, 0.3) is 0 Å². The van der Waals surface area contributed by atoms with Gasteiger partial charge in [-0.1, -0.05) is 28.1 Å². The second-order valence-electron chi connectivity index (χ2n) is 4.04. The summed E-state index contributed by atoms with van der Waals surface area (Å²) in [6.07, 6.45) is 0.678. The summed E-state index contributed by atoms with van der Waals surface area (Å²) in [6.45, 7) is 2.51. The first kappa shape index (κ1) is 12.4. The highest BCUT2D eigenvalue weighted by atomic mass is 35.5. The monoisotopic (exact) mass is 294 g/mol. The van der Waals surface area contributed by atoms with Crippen LogP contribution in [0.2, 0.25) is 5.02 Å². The molecule has 5 nitrogen and oxygen atoms in total. The van der Waals surface area contributed by atoms with Crippen LogP contribution in [0.4, 0.5) is 5.13 Å². The summed E-state index contributed by atoms with van der Waals surface area (Å²) < 4.78 is 6.11. The molecule has 0 aliphatic rings. The third kappa shape index (κ3) is 2.85. The Morgan fingerprint density at radius 1 is 1.37 bits per heavy atom. The van der Waals surface area contributed by atoms with Crippen molar-refractivity contribution in [1.29, 1.82) is 0 Å². The Morgan fingerprint density at radius 3 is 3.05 bits per heavy atom. The fraction of sp³-hybridized carbons (Fsp3) is 0.250. The van der Waals surface area contributed by atoms with Crippen molar-refractivity contribution in [2.24, 2.45) is 0 Å². The van der Waals surface area contributed by atoms with Crippen molar-refractivity contribution in [3.8, 4) is 0 Å². The molecule has 0 spiro atoms. The number of halogens is 1. The number of anilines is 1. The topological polar surface area (TPSA) is 63.8 Å². The van der Waals surface area contributed by atoms with E-state index in [1.54, 1.807) is 18.3 Å². The number of nitrogens with zero attached hydrogens (tertiary/aromatic N) is 3. The van der Waals surface area contributed by atoms with Gasteiger partial charge in [0.1, 0.15) is 0 Å². The van der Waals surface area contributed by atoms with Gasteiger partial charge in [-0.05, 0) is 25.1 Å². The van der Waals surface area contributed by atoms with Crippen LogP contribution in [0.1, 0.15) is 11.7 Å². The van der Waals surface area contributed by atoms with E-state index >= 15 is 0 Å². The van der Waals surface area contributed by atoms with Crippen LogP contribution in [0.15, 0.2) is 22.7 Å². The molecule has 7 heteroatoms. The number of aryl methyl sites for hydroxylation is 1. The maximum absolute atomic E-state index is 5.95. The van der Waals surface area contributed by atoms with E-state index in [4.69, 9.17) is 16.1 Å². The summed E-state index contributed by atoms with van der Waals surface area (Å²) in [4.78, 5) is 8.62. The number of hydrogen-bond donors (Lipinski definition) is 1. The Kier molecular flexibility index (Phi) is 3.35. The summed E-state index contributed by atoms with van der Waals surface area (Å²) in [6, 6.07) is 5.68. The highest BCUT2D eigenvalue weighted by Gasteiger charge is 2.05. The molecule has 0 bridgehead atoms. The van der Waals surface area contributed by atoms with E-state index in [0.717, 1.165) is 20.4 Å². The van der Waals surface area contributed by atoms with Crippen LogP contribution in [-0.4, -0.2) is 21.7 Å². The number of rotatable bonds is 4. The maximum Gasteiger partial charge on any atom is 0.228 e. The van der Waals surface area contributed by atoms with Crippen LogP contribution in [0.3, 0.4) is 0 Å². The molecule has 0 aliphatic heterocycles. The molecule has 2 heterocycles. The standard InChI is InChI=1S/C12H11ClN4OS/c1-7-15-11(18-17-7)4-5-14-12-16-9-3-2-8(13)6-10(9)19-12/h2-3,6H,4-5H2,1H3,(H,14,16). The van der Waals surface area contributed by atoms with Crippen LogP contribution in [0.25, 0.3) is 10.2 Å². The Balaban J connectivity index is 1.65. The van der Waals surface area contributed by atoms with E-state index in [1.807, 2.05) is 18.2 Å². The van der Waals surface area contributed by atoms with Gasteiger partial charge in [-0.3, -0.25) is 0 Å². The largest absolute Gasteiger partial charge is 0.361 e. The lowest BCUT2D eigenvalue weighted by Crippen LogP contribution is -2.04. The van der Waals surface area contributed by atoms with Gasteiger partial charge in [-0.2, -0.15) is 4.98 Å². The Bertz CT molecular complexity index is 709. The first-order chi connectivity index (χ1) is 9.20. The molecule has 98 valence electrons. The average molecular weight is 295 g/mol. The molecule has 3 rings (SSSR count). The maximum atomic E-state index is 5.95. The molecule has 0 atom stereocenters. The quantitative estimate of drug-likeness (QED) is 0.800. The van der Waals surface area contributed by atoms with Crippen molar-refractivity contribution in [3.05, 3.63) is 34.9 Å². The van der Waals surface area contributed by atoms with E-state index in [0.29, 0.717) is 24.7 Å². The zero-order chi connectivity index (χ0) is 13.2. The lowest BCUT2D eigenvalue weighted by molar-refractivity contribution is 0.377. The van der Waals surface area contributed by atoms with Crippen LogP contribution in [0.5, 0.6) is 0 Å². The number of thiazole rings is 1. The minimum atomic E-state index is 0.633. The molecule has 3 aromatic rings. The molecule has 0 aliphatic carbocycles. The molecule has 0 saturated heterocycles. The smallest absolute Gasteiger partial charge is 0.228 e.